The zero-order valence-corrected chi connectivity index (χ0v) is 16.0. The minimum atomic E-state index is -0.344. The van der Waals surface area contributed by atoms with E-state index in [0.717, 1.165) is 31.2 Å². The molecule has 140 valence electrons. The minimum Gasteiger partial charge on any atom is -0.493 e. The molecule has 0 N–H and O–H groups in total. The largest absolute Gasteiger partial charge is 0.493 e. The number of rotatable bonds is 11. The fraction of sp³-hybridized carbons (Fsp3) is 0.550. The Morgan fingerprint density at radius 1 is 1.08 bits per heavy atom. The number of methoxy groups -OCH3 is 3. The molecule has 5 nitrogen and oxygen atoms in total. The van der Waals surface area contributed by atoms with Crippen LogP contribution in [0.1, 0.15) is 45.1 Å². The lowest BCUT2D eigenvalue weighted by atomic mass is 10.0. The summed E-state index contributed by atoms with van der Waals surface area (Å²) in [4.78, 5) is 11.9. The predicted octanol–water partition coefficient (Wildman–Crippen LogP) is 4.49. The van der Waals surface area contributed by atoms with Crippen LogP contribution in [-0.2, 0) is 9.53 Å². The molecule has 0 aliphatic carbocycles. The van der Waals surface area contributed by atoms with Crippen LogP contribution in [0.3, 0.4) is 0 Å². The maximum atomic E-state index is 11.9. The van der Waals surface area contributed by atoms with Gasteiger partial charge in [-0.25, -0.2) is 4.79 Å². The van der Waals surface area contributed by atoms with Crippen molar-refractivity contribution in [3.8, 4) is 17.2 Å². The van der Waals surface area contributed by atoms with Crippen molar-refractivity contribution < 1.29 is 23.7 Å². The van der Waals surface area contributed by atoms with Crippen LogP contribution < -0.4 is 14.2 Å². The first-order chi connectivity index (χ1) is 12.1. The topological polar surface area (TPSA) is 54.0 Å². The molecular weight excluding hydrogens is 320 g/mol. The van der Waals surface area contributed by atoms with Crippen LogP contribution in [-0.4, -0.2) is 33.9 Å². The number of benzene rings is 1. The van der Waals surface area contributed by atoms with Crippen LogP contribution in [0.5, 0.6) is 17.2 Å². The molecule has 0 spiro atoms. The number of carbonyl (C=O) groups is 1. The normalized spacial score (nSPS) is 12.0. The van der Waals surface area contributed by atoms with Crippen LogP contribution in [0.2, 0.25) is 0 Å². The number of carbonyl (C=O) groups excluding carboxylic acids is 1. The average molecular weight is 350 g/mol. The van der Waals surface area contributed by atoms with Crippen molar-refractivity contribution in [1.29, 1.82) is 0 Å². The highest BCUT2D eigenvalue weighted by molar-refractivity contribution is 5.87. The Labute approximate surface area is 150 Å². The van der Waals surface area contributed by atoms with Crippen molar-refractivity contribution in [1.82, 2.24) is 0 Å². The summed E-state index contributed by atoms with van der Waals surface area (Å²) < 4.78 is 21.2. The Hall–Kier alpha value is -2.17. The molecule has 0 saturated heterocycles. The van der Waals surface area contributed by atoms with Gasteiger partial charge in [0.2, 0.25) is 5.75 Å². The first kappa shape index (κ1) is 20.9. The van der Waals surface area contributed by atoms with Gasteiger partial charge in [-0.2, -0.15) is 0 Å². The summed E-state index contributed by atoms with van der Waals surface area (Å²) in [6.45, 7) is 4.76. The van der Waals surface area contributed by atoms with E-state index >= 15 is 0 Å². The van der Waals surface area contributed by atoms with E-state index in [1.54, 1.807) is 39.5 Å². The lowest BCUT2D eigenvalue weighted by molar-refractivity contribution is -0.139. The quantitative estimate of drug-likeness (QED) is 0.435. The lowest BCUT2D eigenvalue weighted by Crippen LogP contribution is -2.12. The van der Waals surface area contributed by atoms with Crippen molar-refractivity contribution in [3.05, 3.63) is 23.8 Å². The molecule has 0 heterocycles. The number of ether oxygens (including phenoxy) is 4. The van der Waals surface area contributed by atoms with Crippen molar-refractivity contribution in [2.24, 2.45) is 5.92 Å². The second kappa shape index (κ2) is 11.4. The third-order valence-electron chi connectivity index (χ3n) is 4.10. The summed E-state index contributed by atoms with van der Waals surface area (Å²) in [5.74, 6) is 1.69. The average Bonchev–Trinajstić information content (AvgIpc) is 2.65. The Morgan fingerprint density at radius 3 is 2.20 bits per heavy atom. The molecule has 25 heavy (non-hydrogen) atoms. The van der Waals surface area contributed by atoms with Gasteiger partial charge in [-0.15, -0.1) is 0 Å². The van der Waals surface area contributed by atoms with E-state index < -0.39 is 0 Å². The van der Waals surface area contributed by atoms with Crippen LogP contribution in [0.4, 0.5) is 0 Å². The highest BCUT2D eigenvalue weighted by atomic mass is 16.5. The molecule has 0 radical (unpaired) electrons. The first-order valence-corrected chi connectivity index (χ1v) is 8.74. The molecule has 0 bridgehead atoms. The van der Waals surface area contributed by atoms with Crippen molar-refractivity contribution in [2.45, 2.75) is 39.5 Å². The molecule has 1 aromatic rings. The number of hydrogen-bond acceptors (Lipinski definition) is 5. The van der Waals surface area contributed by atoms with Gasteiger partial charge in [0.1, 0.15) is 0 Å². The lowest BCUT2D eigenvalue weighted by Gasteiger charge is -2.14. The van der Waals surface area contributed by atoms with E-state index in [4.69, 9.17) is 18.9 Å². The maximum Gasteiger partial charge on any atom is 0.330 e. The van der Waals surface area contributed by atoms with Gasteiger partial charge in [-0.1, -0.05) is 33.1 Å². The second-order valence-electron chi connectivity index (χ2n) is 5.84. The zero-order valence-electron chi connectivity index (χ0n) is 16.0. The fourth-order valence-electron chi connectivity index (χ4n) is 2.51. The van der Waals surface area contributed by atoms with Crippen LogP contribution in [0.25, 0.3) is 6.08 Å². The van der Waals surface area contributed by atoms with Gasteiger partial charge in [0.05, 0.1) is 27.9 Å². The van der Waals surface area contributed by atoms with Gasteiger partial charge in [0, 0.05) is 6.08 Å². The summed E-state index contributed by atoms with van der Waals surface area (Å²) in [6.07, 6.45) is 7.54. The first-order valence-electron chi connectivity index (χ1n) is 8.74. The Bertz CT molecular complexity index is 540. The van der Waals surface area contributed by atoms with Crippen LogP contribution >= 0.6 is 0 Å². The third kappa shape index (κ3) is 6.69. The Balaban J connectivity index is 2.72. The molecule has 5 heteroatoms. The highest BCUT2D eigenvalue weighted by Gasteiger charge is 2.12. The van der Waals surface area contributed by atoms with E-state index in [0.29, 0.717) is 29.8 Å². The predicted molar refractivity (Wildman–Crippen MR) is 99.4 cm³/mol. The fourth-order valence-corrected chi connectivity index (χ4v) is 2.51. The maximum absolute atomic E-state index is 11.9. The monoisotopic (exact) mass is 350 g/mol. The van der Waals surface area contributed by atoms with E-state index in [1.165, 1.54) is 6.08 Å². The molecule has 0 fully saturated rings. The van der Waals surface area contributed by atoms with Gasteiger partial charge in [-0.3, -0.25) is 0 Å². The third-order valence-corrected chi connectivity index (χ3v) is 4.10. The van der Waals surface area contributed by atoms with Crippen LogP contribution in [0, 0.1) is 5.92 Å². The molecule has 1 atom stereocenters. The standard InChI is InChI=1S/C20H30O5/c1-6-8-9-15(7-2)14-25-19(21)11-10-16-12-17(22-3)20(24-5)18(13-16)23-4/h10-13,15H,6-9,14H2,1-5H3/b11-10+. The van der Waals surface area contributed by atoms with Crippen molar-refractivity contribution in [2.75, 3.05) is 27.9 Å². The Morgan fingerprint density at radius 2 is 1.72 bits per heavy atom. The van der Waals surface area contributed by atoms with Crippen molar-refractivity contribution >= 4 is 12.0 Å². The molecular formula is C20H30O5. The molecule has 1 unspecified atom stereocenters. The number of esters is 1. The molecule has 0 saturated carbocycles. The molecule has 0 aromatic heterocycles. The molecule has 0 aliphatic rings. The van der Waals surface area contributed by atoms with Gasteiger partial charge in [-0.05, 0) is 36.1 Å². The Kier molecular flexibility index (Phi) is 9.51. The van der Waals surface area contributed by atoms with Gasteiger partial charge in [0.15, 0.2) is 11.5 Å². The van der Waals surface area contributed by atoms with E-state index in [9.17, 15) is 4.79 Å². The number of hydrogen-bond donors (Lipinski definition) is 0. The molecule has 0 aliphatic heterocycles. The van der Waals surface area contributed by atoms with E-state index in [-0.39, 0.29) is 5.97 Å². The molecule has 1 rings (SSSR count). The SMILES string of the molecule is CCCCC(CC)COC(=O)/C=C/c1cc(OC)c(OC)c(OC)c1. The number of unbranched alkanes of at least 4 members (excludes halogenated alkanes) is 1. The summed E-state index contributed by atoms with van der Waals surface area (Å²) >= 11 is 0. The minimum absolute atomic E-state index is 0.344. The summed E-state index contributed by atoms with van der Waals surface area (Å²) in [5, 5.41) is 0. The summed E-state index contributed by atoms with van der Waals surface area (Å²) in [5.41, 5.74) is 0.768. The smallest absolute Gasteiger partial charge is 0.330 e. The van der Waals surface area contributed by atoms with E-state index in [1.807, 2.05) is 0 Å². The molecule has 0 amide bonds. The summed E-state index contributed by atoms with van der Waals surface area (Å²) in [7, 11) is 4.66. The zero-order chi connectivity index (χ0) is 18.7. The second-order valence-corrected chi connectivity index (χ2v) is 5.84. The molecule has 1 aromatic carbocycles. The van der Waals surface area contributed by atoms with E-state index in [2.05, 4.69) is 13.8 Å². The van der Waals surface area contributed by atoms with Crippen LogP contribution in [0.15, 0.2) is 18.2 Å². The van der Waals surface area contributed by atoms with Gasteiger partial charge in [0.25, 0.3) is 0 Å². The van der Waals surface area contributed by atoms with Gasteiger partial charge < -0.3 is 18.9 Å². The highest BCUT2D eigenvalue weighted by Crippen LogP contribution is 2.38. The summed E-state index contributed by atoms with van der Waals surface area (Å²) in [6, 6.07) is 3.56. The van der Waals surface area contributed by atoms with Gasteiger partial charge >= 0.3 is 5.97 Å². The van der Waals surface area contributed by atoms with Crippen molar-refractivity contribution in [3.63, 3.8) is 0 Å².